The van der Waals surface area contributed by atoms with Crippen LogP contribution in [0.15, 0.2) is 0 Å². The average molecular weight is 417 g/mol. The zero-order valence-corrected chi connectivity index (χ0v) is 20.4. The van der Waals surface area contributed by atoms with Gasteiger partial charge in [0.25, 0.3) is 0 Å². The number of rotatable bonds is 23. The molecule has 0 amide bonds. The van der Waals surface area contributed by atoms with Gasteiger partial charge in [0.2, 0.25) is 0 Å². The molecule has 3 heteroatoms. The van der Waals surface area contributed by atoms with Crippen LogP contribution in [-0.4, -0.2) is 35.4 Å². The summed E-state index contributed by atoms with van der Waals surface area (Å²) in [4.78, 5) is 0. The van der Waals surface area contributed by atoms with Gasteiger partial charge < -0.3 is 9.84 Å². The van der Waals surface area contributed by atoms with Crippen molar-refractivity contribution < 1.29 is 9.84 Å². The molecule has 0 aromatic heterocycles. The Balaban J connectivity index is 3.81. The molecule has 0 aliphatic carbocycles. The highest BCUT2D eigenvalue weighted by molar-refractivity contribution is 7.99. The minimum absolute atomic E-state index is 0.0266. The maximum Gasteiger partial charge on any atom is 0.0895 e. The normalized spacial score (nSPS) is 13.7. The first-order valence-electron chi connectivity index (χ1n) is 12.6. The van der Waals surface area contributed by atoms with Crippen LogP contribution in [0, 0.1) is 0 Å². The average Bonchev–Trinajstić information content (AvgIpc) is 2.71. The van der Waals surface area contributed by atoms with Crippen molar-refractivity contribution >= 4 is 11.8 Å². The van der Waals surface area contributed by atoms with Crippen LogP contribution < -0.4 is 0 Å². The lowest BCUT2D eigenvalue weighted by Gasteiger charge is -2.20. The summed E-state index contributed by atoms with van der Waals surface area (Å²) < 4.78 is 5.98. The van der Waals surface area contributed by atoms with Crippen molar-refractivity contribution in [1.29, 1.82) is 0 Å². The summed E-state index contributed by atoms with van der Waals surface area (Å²) in [6.07, 6.45) is 22.8. The number of hydrogen-bond donors (Lipinski definition) is 1. The van der Waals surface area contributed by atoms with Crippen molar-refractivity contribution in [2.45, 2.75) is 141 Å². The molecule has 2 atom stereocenters. The molecule has 28 heavy (non-hydrogen) atoms. The Morgan fingerprint density at radius 3 is 1.71 bits per heavy atom. The SMILES string of the molecule is CCCCCCCCCCOC(CO)CSC(CCCC)CCCCCCC. The van der Waals surface area contributed by atoms with Crippen molar-refractivity contribution in [3.8, 4) is 0 Å². The van der Waals surface area contributed by atoms with Gasteiger partial charge in [-0.25, -0.2) is 0 Å². The molecule has 0 aromatic carbocycles. The third-order valence-corrected chi connectivity index (χ3v) is 7.09. The number of aliphatic hydroxyl groups excluding tert-OH is 1. The summed E-state index contributed by atoms with van der Waals surface area (Å²) >= 11 is 2.05. The monoisotopic (exact) mass is 416 g/mol. The Morgan fingerprint density at radius 1 is 0.643 bits per heavy atom. The lowest BCUT2D eigenvalue weighted by Crippen LogP contribution is -2.23. The molecule has 1 N–H and O–H groups in total. The highest BCUT2D eigenvalue weighted by atomic mass is 32.2. The van der Waals surface area contributed by atoms with Gasteiger partial charge in [-0.3, -0.25) is 0 Å². The molecule has 0 saturated carbocycles. The van der Waals surface area contributed by atoms with Gasteiger partial charge in [-0.1, -0.05) is 111 Å². The maximum absolute atomic E-state index is 9.67. The second-order valence-electron chi connectivity index (χ2n) is 8.45. The summed E-state index contributed by atoms with van der Waals surface area (Å²) in [5.74, 6) is 0.955. The van der Waals surface area contributed by atoms with E-state index in [2.05, 4.69) is 32.5 Å². The molecule has 0 bridgehead atoms. The van der Waals surface area contributed by atoms with E-state index in [1.54, 1.807) is 0 Å². The smallest absolute Gasteiger partial charge is 0.0895 e. The first-order valence-corrected chi connectivity index (χ1v) is 13.7. The van der Waals surface area contributed by atoms with Crippen LogP contribution in [0.1, 0.15) is 130 Å². The summed E-state index contributed by atoms with van der Waals surface area (Å²) in [6, 6.07) is 0. The zero-order chi connectivity index (χ0) is 20.7. The Hall–Kier alpha value is 0.270. The first-order chi connectivity index (χ1) is 13.8. The summed E-state index contributed by atoms with van der Waals surface area (Å²) in [7, 11) is 0. The second kappa shape index (κ2) is 23.5. The lowest BCUT2D eigenvalue weighted by atomic mass is 10.1. The predicted molar refractivity (Wildman–Crippen MR) is 129 cm³/mol. The number of aliphatic hydroxyl groups is 1. The van der Waals surface area contributed by atoms with Gasteiger partial charge in [0, 0.05) is 17.6 Å². The Morgan fingerprint density at radius 2 is 1.14 bits per heavy atom. The molecule has 0 saturated heterocycles. The fourth-order valence-corrected chi connectivity index (χ4v) is 4.96. The van der Waals surface area contributed by atoms with Crippen LogP contribution in [0.4, 0.5) is 0 Å². The van der Waals surface area contributed by atoms with Gasteiger partial charge >= 0.3 is 0 Å². The molecule has 0 aromatic rings. The van der Waals surface area contributed by atoms with Crippen molar-refractivity contribution in [3.05, 3.63) is 0 Å². The van der Waals surface area contributed by atoms with Gasteiger partial charge in [0.1, 0.15) is 0 Å². The highest BCUT2D eigenvalue weighted by Gasteiger charge is 2.14. The van der Waals surface area contributed by atoms with E-state index in [-0.39, 0.29) is 12.7 Å². The van der Waals surface area contributed by atoms with Crippen molar-refractivity contribution in [2.75, 3.05) is 19.0 Å². The second-order valence-corrected chi connectivity index (χ2v) is 9.78. The number of thioether (sulfide) groups is 1. The minimum Gasteiger partial charge on any atom is -0.394 e. The van der Waals surface area contributed by atoms with E-state index >= 15 is 0 Å². The summed E-state index contributed by atoms with van der Waals surface area (Å²) in [6.45, 7) is 7.82. The molecule has 2 nitrogen and oxygen atoms in total. The van der Waals surface area contributed by atoms with E-state index in [4.69, 9.17) is 4.74 Å². The number of hydrogen-bond acceptors (Lipinski definition) is 3. The Bertz CT molecular complexity index is 286. The van der Waals surface area contributed by atoms with Gasteiger partial charge in [-0.15, -0.1) is 0 Å². The van der Waals surface area contributed by atoms with Crippen LogP contribution in [0.3, 0.4) is 0 Å². The largest absolute Gasteiger partial charge is 0.394 e. The van der Waals surface area contributed by atoms with Crippen LogP contribution in [0.5, 0.6) is 0 Å². The highest BCUT2D eigenvalue weighted by Crippen LogP contribution is 2.25. The van der Waals surface area contributed by atoms with Crippen LogP contribution in [-0.2, 0) is 4.74 Å². The number of unbranched alkanes of at least 4 members (excludes halogenated alkanes) is 12. The predicted octanol–water partition coefficient (Wildman–Crippen LogP) is 8.16. The standard InChI is InChI=1S/C25H52O2S/c1-4-7-10-12-13-14-16-18-21-27-24(22-26)23-28-25(19-9-6-3)20-17-15-11-8-5-2/h24-26H,4-23H2,1-3H3. The van der Waals surface area contributed by atoms with Crippen molar-refractivity contribution in [3.63, 3.8) is 0 Å². The van der Waals surface area contributed by atoms with Crippen molar-refractivity contribution in [2.24, 2.45) is 0 Å². The molecule has 0 spiro atoms. The van der Waals surface area contributed by atoms with E-state index in [0.29, 0.717) is 0 Å². The van der Waals surface area contributed by atoms with E-state index in [1.165, 1.54) is 103 Å². The molecule has 0 aliphatic rings. The zero-order valence-electron chi connectivity index (χ0n) is 19.6. The minimum atomic E-state index is 0.0266. The van der Waals surface area contributed by atoms with Crippen LogP contribution in [0.25, 0.3) is 0 Å². The molecule has 0 fully saturated rings. The van der Waals surface area contributed by atoms with Gasteiger partial charge in [0.05, 0.1) is 12.7 Å². The van der Waals surface area contributed by atoms with Gasteiger partial charge in [-0.05, 0) is 19.3 Å². The molecule has 170 valence electrons. The molecule has 0 radical (unpaired) electrons. The first kappa shape index (κ1) is 28.3. The van der Waals surface area contributed by atoms with E-state index in [0.717, 1.165) is 24.0 Å². The fourth-order valence-electron chi connectivity index (χ4n) is 3.60. The summed E-state index contributed by atoms with van der Waals surface area (Å²) in [5, 5.41) is 10.4. The molecule has 2 unspecified atom stereocenters. The lowest BCUT2D eigenvalue weighted by molar-refractivity contribution is 0.0260. The topological polar surface area (TPSA) is 29.5 Å². The Labute approximate surface area is 182 Å². The third-order valence-electron chi connectivity index (χ3n) is 5.58. The quantitative estimate of drug-likeness (QED) is 0.170. The fraction of sp³-hybridized carbons (Fsp3) is 1.00. The van der Waals surface area contributed by atoms with Crippen LogP contribution in [0.2, 0.25) is 0 Å². The van der Waals surface area contributed by atoms with Gasteiger partial charge in [-0.2, -0.15) is 11.8 Å². The molecule has 0 aliphatic heterocycles. The molecule has 0 heterocycles. The molecule has 0 rings (SSSR count). The maximum atomic E-state index is 9.67. The molecular weight excluding hydrogens is 364 g/mol. The summed E-state index contributed by atoms with van der Waals surface area (Å²) in [5.41, 5.74) is 0. The molecular formula is C25H52O2S. The van der Waals surface area contributed by atoms with E-state index < -0.39 is 0 Å². The number of ether oxygens (including phenoxy) is 1. The van der Waals surface area contributed by atoms with Crippen molar-refractivity contribution in [1.82, 2.24) is 0 Å². The third kappa shape index (κ3) is 19.6. The van der Waals surface area contributed by atoms with Crippen LogP contribution >= 0.6 is 11.8 Å². The van der Waals surface area contributed by atoms with Gasteiger partial charge in [0.15, 0.2) is 0 Å². The van der Waals surface area contributed by atoms with E-state index in [1.807, 2.05) is 0 Å². The van der Waals surface area contributed by atoms with E-state index in [9.17, 15) is 5.11 Å². The Kier molecular flexibility index (Phi) is 23.8.